The average Bonchev–Trinajstić information content (AvgIpc) is 2.91. The SMILES string of the molecule is N/C(=C\C(=O)c1ccc(C(F)(F)F)cc1)C1CCCC1. The summed E-state index contributed by atoms with van der Waals surface area (Å²) in [6.07, 6.45) is 1.12. The molecule has 1 aliphatic carbocycles. The van der Waals surface area contributed by atoms with Crippen molar-refractivity contribution in [3.8, 4) is 0 Å². The van der Waals surface area contributed by atoms with E-state index >= 15 is 0 Å². The van der Waals surface area contributed by atoms with Crippen molar-refractivity contribution >= 4 is 5.78 Å². The fourth-order valence-corrected chi connectivity index (χ4v) is 2.44. The Balaban J connectivity index is 2.11. The van der Waals surface area contributed by atoms with Crippen LogP contribution in [0.3, 0.4) is 0 Å². The minimum atomic E-state index is -4.39. The van der Waals surface area contributed by atoms with Crippen molar-refractivity contribution < 1.29 is 18.0 Å². The highest BCUT2D eigenvalue weighted by atomic mass is 19.4. The van der Waals surface area contributed by atoms with Gasteiger partial charge >= 0.3 is 6.18 Å². The van der Waals surface area contributed by atoms with Gasteiger partial charge in [-0.3, -0.25) is 4.79 Å². The molecule has 0 atom stereocenters. The smallest absolute Gasteiger partial charge is 0.402 e. The van der Waals surface area contributed by atoms with Crippen LogP contribution in [0, 0.1) is 5.92 Å². The Morgan fingerprint density at radius 1 is 1.15 bits per heavy atom. The van der Waals surface area contributed by atoms with Crippen LogP contribution in [0.2, 0.25) is 0 Å². The van der Waals surface area contributed by atoms with Gasteiger partial charge in [-0.1, -0.05) is 25.0 Å². The molecule has 0 saturated heterocycles. The van der Waals surface area contributed by atoms with Gasteiger partial charge in [-0.25, -0.2) is 0 Å². The van der Waals surface area contributed by atoms with E-state index in [1.807, 2.05) is 0 Å². The molecule has 1 aromatic carbocycles. The number of ketones is 1. The molecule has 5 heteroatoms. The third-order valence-electron chi connectivity index (χ3n) is 3.62. The summed E-state index contributed by atoms with van der Waals surface area (Å²) in [5.74, 6) is -0.114. The molecule has 108 valence electrons. The van der Waals surface area contributed by atoms with Crippen molar-refractivity contribution in [1.29, 1.82) is 0 Å². The Morgan fingerprint density at radius 3 is 2.20 bits per heavy atom. The van der Waals surface area contributed by atoms with E-state index < -0.39 is 11.7 Å². The van der Waals surface area contributed by atoms with Gasteiger partial charge in [0.25, 0.3) is 0 Å². The number of hydrogen-bond acceptors (Lipinski definition) is 2. The van der Waals surface area contributed by atoms with Gasteiger partial charge in [0.05, 0.1) is 5.56 Å². The third-order valence-corrected chi connectivity index (χ3v) is 3.62. The molecule has 0 bridgehead atoms. The second-order valence-corrected chi connectivity index (χ2v) is 5.07. The summed E-state index contributed by atoms with van der Waals surface area (Å²) in [7, 11) is 0. The first kappa shape index (κ1) is 14.6. The number of hydrogen-bond donors (Lipinski definition) is 1. The molecule has 0 aromatic heterocycles. The lowest BCUT2D eigenvalue weighted by Gasteiger charge is -2.09. The Morgan fingerprint density at radius 2 is 1.70 bits per heavy atom. The highest BCUT2D eigenvalue weighted by Crippen LogP contribution is 2.30. The van der Waals surface area contributed by atoms with Crippen molar-refractivity contribution in [2.75, 3.05) is 0 Å². The largest absolute Gasteiger partial charge is 0.416 e. The highest BCUT2D eigenvalue weighted by molar-refractivity contribution is 6.04. The molecular weight excluding hydrogens is 267 g/mol. The molecule has 0 unspecified atom stereocenters. The Bertz CT molecular complexity index is 511. The Labute approximate surface area is 115 Å². The molecule has 2 N–H and O–H groups in total. The third kappa shape index (κ3) is 3.40. The molecule has 0 aliphatic heterocycles. The molecule has 1 fully saturated rings. The molecule has 0 heterocycles. The van der Waals surface area contributed by atoms with E-state index in [0.29, 0.717) is 5.70 Å². The normalized spacial score (nSPS) is 17.4. The maximum atomic E-state index is 12.4. The van der Waals surface area contributed by atoms with E-state index in [2.05, 4.69) is 0 Å². The monoisotopic (exact) mass is 283 g/mol. The molecule has 0 amide bonds. The molecule has 1 saturated carbocycles. The summed E-state index contributed by atoms with van der Waals surface area (Å²) >= 11 is 0. The molecule has 2 rings (SSSR count). The summed E-state index contributed by atoms with van der Waals surface area (Å²) in [6.45, 7) is 0. The van der Waals surface area contributed by atoms with E-state index in [9.17, 15) is 18.0 Å². The predicted octanol–water partition coefficient (Wildman–Crippen LogP) is 3.92. The van der Waals surface area contributed by atoms with Crippen molar-refractivity contribution in [3.05, 3.63) is 47.2 Å². The van der Waals surface area contributed by atoms with Crippen LogP contribution >= 0.6 is 0 Å². The summed E-state index contributed by atoms with van der Waals surface area (Å²) in [4.78, 5) is 11.9. The first-order valence-corrected chi connectivity index (χ1v) is 6.56. The van der Waals surface area contributed by atoms with Gasteiger partial charge in [0, 0.05) is 17.3 Å². The van der Waals surface area contributed by atoms with Gasteiger partial charge in [-0.2, -0.15) is 13.2 Å². The first-order chi connectivity index (χ1) is 9.38. The number of benzene rings is 1. The summed E-state index contributed by atoms with van der Waals surface area (Å²) in [5, 5.41) is 0. The predicted molar refractivity (Wildman–Crippen MR) is 70.0 cm³/mol. The first-order valence-electron chi connectivity index (χ1n) is 6.56. The van der Waals surface area contributed by atoms with Gasteiger partial charge in [-0.15, -0.1) is 0 Å². The van der Waals surface area contributed by atoms with E-state index in [-0.39, 0.29) is 17.3 Å². The maximum absolute atomic E-state index is 12.4. The summed E-state index contributed by atoms with van der Waals surface area (Å²) in [5.41, 5.74) is 5.87. The number of halogens is 3. The Kier molecular flexibility index (Phi) is 4.16. The van der Waals surface area contributed by atoms with Crippen molar-refractivity contribution in [1.82, 2.24) is 0 Å². The van der Waals surface area contributed by atoms with Crippen LogP contribution in [0.4, 0.5) is 13.2 Å². The number of carbonyl (C=O) groups excluding carboxylic acids is 1. The fraction of sp³-hybridized carbons (Fsp3) is 0.400. The van der Waals surface area contributed by atoms with Gasteiger partial charge in [0.2, 0.25) is 0 Å². The lowest BCUT2D eigenvalue weighted by Crippen LogP contribution is -2.11. The number of nitrogens with two attached hydrogens (primary N) is 1. The van der Waals surface area contributed by atoms with E-state index in [0.717, 1.165) is 37.8 Å². The zero-order valence-corrected chi connectivity index (χ0v) is 10.9. The standard InChI is InChI=1S/C15H16F3NO/c16-15(17,18)12-7-5-11(6-8-12)14(20)9-13(19)10-3-1-2-4-10/h5-10H,1-4,19H2/b13-9-. The van der Waals surface area contributed by atoms with Crippen LogP contribution in [0.15, 0.2) is 36.0 Å². The lowest BCUT2D eigenvalue weighted by molar-refractivity contribution is -0.137. The molecule has 1 aliphatic rings. The van der Waals surface area contributed by atoms with Gasteiger partial charge < -0.3 is 5.73 Å². The summed E-state index contributed by atoms with van der Waals surface area (Å²) in [6, 6.07) is 4.19. The van der Waals surface area contributed by atoms with Crippen molar-refractivity contribution in [2.45, 2.75) is 31.9 Å². The zero-order chi connectivity index (χ0) is 14.8. The van der Waals surface area contributed by atoms with Crippen LogP contribution < -0.4 is 5.73 Å². The van der Waals surface area contributed by atoms with Gasteiger partial charge in [0.1, 0.15) is 0 Å². The fourth-order valence-electron chi connectivity index (χ4n) is 2.44. The number of allylic oxidation sites excluding steroid dienone is 2. The van der Waals surface area contributed by atoms with Crippen molar-refractivity contribution in [3.63, 3.8) is 0 Å². The number of rotatable bonds is 3. The van der Waals surface area contributed by atoms with E-state index in [4.69, 9.17) is 5.73 Å². The average molecular weight is 283 g/mol. The minimum Gasteiger partial charge on any atom is -0.402 e. The van der Waals surface area contributed by atoms with E-state index in [1.165, 1.54) is 18.2 Å². The lowest BCUT2D eigenvalue weighted by atomic mass is 10.0. The van der Waals surface area contributed by atoms with Crippen molar-refractivity contribution in [2.24, 2.45) is 11.7 Å². The quantitative estimate of drug-likeness (QED) is 0.675. The van der Waals surface area contributed by atoms with Crippen LogP contribution in [-0.4, -0.2) is 5.78 Å². The van der Waals surface area contributed by atoms with Gasteiger partial charge in [-0.05, 0) is 30.9 Å². The molecule has 1 aromatic rings. The molecule has 20 heavy (non-hydrogen) atoms. The van der Waals surface area contributed by atoms with Crippen LogP contribution in [0.1, 0.15) is 41.6 Å². The van der Waals surface area contributed by atoms with Crippen LogP contribution in [0.25, 0.3) is 0 Å². The second kappa shape index (κ2) is 5.69. The second-order valence-electron chi connectivity index (χ2n) is 5.07. The minimum absolute atomic E-state index is 0.221. The molecular formula is C15H16F3NO. The van der Waals surface area contributed by atoms with Gasteiger partial charge in [0.15, 0.2) is 5.78 Å². The Hall–Kier alpha value is -1.78. The zero-order valence-electron chi connectivity index (χ0n) is 10.9. The van der Waals surface area contributed by atoms with Crippen LogP contribution in [-0.2, 0) is 6.18 Å². The topological polar surface area (TPSA) is 43.1 Å². The maximum Gasteiger partial charge on any atom is 0.416 e. The van der Waals surface area contributed by atoms with Crippen LogP contribution in [0.5, 0.6) is 0 Å². The molecule has 0 spiro atoms. The molecule has 0 radical (unpaired) electrons. The van der Waals surface area contributed by atoms with E-state index in [1.54, 1.807) is 0 Å². The molecule has 2 nitrogen and oxygen atoms in total. The highest BCUT2D eigenvalue weighted by Gasteiger charge is 2.30. The number of alkyl halides is 3. The number of carbonyl (C=O) groups is 1. The summed E-state index contributed by atoms with van der Waals surface area (Å²) < 4.78 is 37.3.